The highest BCUT2D eigenvalue weighted by molar-refractivity contribution is 5.00. The van der Waals surface area contributed by atoms with Crippen molar-refractivity contribution < 1.29 is 9.47 Å². The average Bonchev–Trinajstić information content (AvgIpc) is 2.15. The summed E-state index contributed by atoms with van der Waals surface area (Å²) in [7, 11) is 3.64. The molecule has 0 spiro atoms. The third-order valence-electron chi connectivity index (χ3n) is 2.14. The molecule has 0 bridgehead atoms. The van der Waals surface area contributed by atoms with Crippen molar-refractivity contribution in [2.24, 2.45) is 0 Å². The molecule has 0 aromatic heterocycles. The summed E-state index contributed by atoms with van der Waals surface area (Å²) in [5.74, 6) is 1.07. The monoisotopic (exact) mass is 171 g/mol. The maximum atomic E-state index is 5.34. The van der Waals surface area contributed by atoms with Crippen LogP contribution in [0.1, 0.15) is 19.3 Å². The van der Waals surface area contributed by atoms with Crippen LogP contribution in [-0.4, -0.2) is 27.0 Å². The molecule has 0 saturated heterocycles. The van der Waals surface area contributed by atoms with Crippen LogP contribution in [0.4, 0.5) is 0 Å². The van der Waals surface area contributed by atoms with E-state index >= 15 is 0 Å². The van der Waals surface area contributed by atoms with Gasteiger partial charge in [0.25, 0.3) is 0 Å². The number of hydrogen-bond donors (Lipinski definition) is 1. The van der Waals surface area contributed by atoms with Crippen LogP contribution in [0.25, 0.3) is 0 Å². The molecule has 1 aliphatic rings. The molecule has 12 heavy (non-hydrogen) atoms. The van der Waals surface area contributed by atoms with Crippen LogP contribution in [0.5, 0.6) is 0 Å². The fourth-order valence-corrected chi connectivity index (χ4v) is 1.34. The second kappa shape index (κ2) is 5.17. The van der Waals surface area contributed by atoms with E-state index in [1.807, 2.05) is 7.05 Å². The highest BCUT2D eigenvalue weighted by Crippen LogP contribution is 2.18. The third kappa shape index (κ3) is 2.83. The molecule has 1 atom stereocenters. The zero-order chi connectivity index (χ0) is 8.81. The Bertz CT molecular complexity index is 157. The van der Waals surface area contributed by atoms with Crippen molar-refractivity contribution in [3.63, 3.8) is 0 Å². The first-order valence-electron chi connectivity index (χ1n) is 4.35. The van der Waals surface area contributed by atoms with E-state index in [0.717, 1.165) is 25.0 Å². The van der Waals surface area contributed by atoms with E-state index < -0.39 is 0 Å². The Balaban J connectivity index is 2.24. The minimum Gasteiger partial charge on any atom is -0.472 e. The van der Waals surface area contributed by atoms with E-state index in [1.165, 1.54) is 0 Å². The quantitative estimate of drug-likeness (QED) is 0.646. The van der Waals surface area contributed by atoms with Gasteiger partial charge in [0.2, 0.25) is 0 Å². The lowest BCUT2D eigenvalue weighted by Gasteiger charge is -2.21. The van der Waals surface area contributed by atoms with Gasteiger partial charge in [-0.05, 0) is 26.0 Å². The Labute approximate surface area is 73.7 Å². The lowest BCUT2D eigenvalue weighted by molar-refractivity contribution is 0.000236. The molecule has 1 aliphatic carbocycles. The summed E-state index contributed by atoms with van der Waals surface area (Å²) >= 11 is 0. The number of ether oxygens (including phenoxy) is 2. The molecule has 0 fully saturated rings. The summed E-state index contributed by atoms with van der Waals surface area (Å²) in [5, 5.41) is 3.25. The first-order valence-corrected chi connectivity index (χ1v) is 4.35. The van der Waals surface area contributed by atoms with Gasteiger partial charge in [-0.3, -0.25) is 0 Å². The number of nitrogens with one attached hydrogen (secondary N) is 1. The maximum absolute atomic E-state index is 5.34. The van der Waals surface area contributed by atoms with E-state index in [4.69, 9.17) is 9.47 Å². The van der Waals surface area contributed by atoms with E-state index in [0.29, 0.717) is 12.8 Å². The molecule has 0 radical (unpaired) electrons. The van der Waals surface area contributed by atoms with Crippen LogP contribution in [0.2, 0.25) is 0 Å². The SMILES string of the molecule is CNC1CC=C(OCOC)CC1. The fraction of sp³-hybridized carbons (Fsp3) is 0.778. The van der Waals surface area contributed by atoms with Gasteiger partial charge >= 0.3 is 0 Å². The topological polar surface area (TPSA) is 30.5 Å². The minimum absolute atomic E-state index is 0.371. The molecule has 0 saturated carbocycles. The van der Waals surface area contributed by atoms with Crippen molar-refractivity contribution in [3.05, 3.63) is 11.8 Å². The minimum atomic E-state index is 0.371. The van der Waals surface area contributed by atoms with Gasteiger partial charge in [0, 0.05) is 19.6 Å². The Kier molecular flexibility index (Phi) is 4.11. The van der Waals surface area contributed by atoms with E-state index in [2.05, 4.69) is 11.4 Å². The number of allylic oxidation sites excluding steroid dienone is 1. The normalized spacial score (nSPS) is 23.5. The van der Waals surface area contributed by atoms with Gasteiger partial charge in [-0.25, -0.2) is 0 Å². The van der Waals surface area contributed by atoms with Crippen molar-refractivity contribution in [1.29, 1.82) is 0 Å². The first kappa shape index (κ1) is 9.55. The molecule has 0 heterocycles. The Morgan fingerprint density at radius 1 is 1.67 bits per heavy atom. The second-order valence-electron chi connectivity index (χ2n) is 2.98. The zero-order valence-electron chi connectivity index (χ0n) is 7.80. The van der Waals surface area contributed by atoms with Crippen LogP contribution in [-0.2, 0) is 9.47 Å². The molecule has 1 N–H and O–H groups in total. The Morgan fingerprint density at radius 2 is 2.50 bits per heavy atom. The molecule has 0 aromatic carbocycles. The van der Waals surface area contributed by atoms with Gasteiger partial charge in [0.15, 0.2) is 6.79 Å². The average molecular weight is 171 g/mol. The van der Waals surface area contributed by atoms with Crippen molar-refractivity contribution in [3.8, 4) is 0 Å². The summed E-state index contributed by atoms with van der Waals surface area (Å²) in [6, 6.07) is 0.625. The molecule has 3 nitrogen and oxygen atoms in total. The van der Waals surface area contributed by atoms with Crippen molar-refractivity contribution >= 4 is 0 Å². The number of methoxy groups -OCH3 is 1. The summed E-state index contributed by atoms with van der Waals surface area (Å²) in [6.07, 6.45) is 5.39. The molecule has 3 heteroatoms. The molecule has 0 amide bonds. The summed E-state index contributed by atoms with van der Waals surface area (Å²) in [6.45, 7) is 0.371. The van der Waals surface area contributed by atoms with Crippen molar-refractivity contribution in [1.82, 2.24) is 5.32 Å². The van der Waals surface area contributed by atoms with Gasteiger partial charge < -0.3 is 14.8 Å². The summed E-state index contributed by atoms with van der Waals surface area (Å²) < 4.78 is 10.2. The first-order chi connectivity index (χ1) is 5.86. The summed E-state index contributed by atoms with van der Waals surface area (Å²) in [5.41, 5.74) is 0. The Morgan fingerprint density at radius 3 is 3.00 bits per heavy atom. The van der Waals surface area contributed by atoms with Gasteiger partial charge in [0.1, 0.15) is 0 Å². The second-order valence-corrected chi connectivity index (χ2v) is 2.98. The van der Waals surface area contributed by atoms with Crippen LogP contribution in [0.3, 0.4) is 0 Å². The molecule has 70 valence electrons. The molecule has 1 rings (SSSR count). The lowest BCUT2D eigenvalue weighted by Crippen LogP contribution is -2.26. The van der Waals surface area contributed by atoms with Crippen LogP contribution < -0.4 is 5.32 Å². The predicted molar refractivity (Wildman–Crippen MR) is 47.7 cm³/mol. The fourth-order valence-electron chi connectivity index (χ4n) is 1.34. The van der Waals surface area contributed by atoms with Gasteiger partial charge in [-0.1, -0.05) is 0 Å². The smallest absolute Gasteiger partial charge is 0.188 e. The highest BCUT2D eigenvalue weighted by Gasteiger charge is 2.12. The van der Waals surface area contributed by atoms with Crippen LogP contribution >= 0.6 is 0 Å². The molecular formula is C9H17NO2. The number of rotatable bonds is 4. The van der Waals surface area contributed by atoms with Gasteiger partial charge in [-0.2, -0.15) is 0 Å². The molecular weight excluding hydrogens is 154 g/mol. The molecule has 1 unspecified atom stereocenters. The largest absolute Gasteiger partial charge is 0.472 e. The standard InChI is InChI=1S/C9H17NO2/c1-10-8-3-5-9(6-4-8)12-7-11-2/h5,8,10H,3-4,6-7H2,1-2H3. The maximum Gasteiger partial charge on any atom is 0.188 e. The van der Waals surface area contributed by atoms with Gasteiger partial charge in [-0.15, -0.1) is 0 Å². The zero-order valence-corrected chi connectivity index (χ0v) is 7.80. The summed E-state index contributed by atoms with van der Waals surface area (Å²) in [4.78, 5) is 0. The molecule has 0 aliphatic heterocycles. The molecule has 0 aromatic rings. The third-order valence-corrected chi connectivity index (χ3v) is 2.14. The van der Waals surface area contributed by atoms with E-state index in [1.54, 1.807) is 7.11 Å². The van der Waals surface area contributed by atoms with E-state index in [-0.39, 0.29) is 0 Å². The van der Waals surface area contributed by atoms with Crippen molar-refractivity contribution in [2.75, 3.05) is 21.0 Å². The predicted octanol–water partition coefficient (Wildman–Crippen LogP) is 1.26. The van der Waals surface area contributed by atoms with Crippen LogP contribution in [0, 0.1) is 0 Å². The van der Waals surface area contributed by atoms with Gasteiger partial charge in [0.05, 0.1) is 5.76 Å². The Hall–Kier alpha value is -0.540. The highest BCUT2D eigenvalue weighted by atomic mass is 16.7. The van der Waals surface area contributed by atoms with E-state index in [9.17, 15) is 0 Å². The number of hydrogen-bond acceptors (Lipinski definition) is 3. The van der Waals surface area contributed by atoms with Crippen LogP contribution in [0.15, 0.2) is 11.8 Å². The van der Waals surface area contributed by atoms with Crippen molar-refractivity contribution in [2.45, 2.75) is 25.3 Å². The lowest BCUT2D eigenvalue weighted by atomic mass is 10.0.